The maximum Gasteiger partial charge on any atom is 0.272 e. The Balaban J connectivity index is 1.28. The van der Waals surface area contributed by atoms with Crippen molar-refractivity contribution < 1.29 is 19.1 Å². The minimum atomic E-state index is -0.483. The highest BCUT2D eigenvalue weighted by Crippen LogP contribution is 2.30. The highest BCUT2D eigenvalue weighted by molar-refractivity contribution is 8.00. The van der Waals surface area contributed by atoms with Crippen molar-refractivity contribution in [2.24, 2.45) is 0 Å². The molecule has 0 aliphatic heterocycles. The third-order valence-corrected chi connectivity index (χ3v) is 8.12. The van der Waals surface area contributed by atoms with Crippen molar-refractivity contribution in [3.8, 4) is 5.75 Å². The number of methoxy groups -OCH3 is 1. The van der Waals surface area contributed by atoms with Crippen molar-refractivity contribution in [3.05, 3.63) is 125 Å². The van der Waals surface area contributed by atoms with Gasteiger partial charge < -0.3 is 25.7 Å². The number of aromatic nitrogens is 1. The first-order valence-electron chi connectivity index (χ1n) is 13.7. The van der Waals surface area contributed by atoms with E-state index in [4.69, 9.17) is 16.3 Å². The summed E-state index contributed by atoms with van der Waals surface area (Å²) in [6.07, 6.45) is 3.44. The number of nitrogens with one attached hydrogen (secondary N) is 4. The second kappa shape index (κ2) is 14.0. The number of hydrogen-bond acceptors (Lipinski definition) is 5. The molecule has 0 aliphatic carbocycles. The zero-order valence-electron chi connectivity index (χ0n) is 23.9. The Labute approximate surface area is 263 Å². The predicted octanol–water partition coefficient (Wildman–Crippen LogP) is 7.36. The molecular formula is C34H29ClN4O4S. The van der Waals surface area contributed by atoms with Crippen molar-refractivity contribution in [3.63, 3.8) is 0 Å². The van der Waals surface area contributed by atoms with Gasteiger partial charge in [-0.15, -0.1) is 11.8 Å². The minimum Gasteiger partial charge on any atom is -0.497 e. The van der Waals surface area contributed by atoms with E-state index in [1.165, 1.54) is 11.8 Å². The molecule has 0 unspecified atom stereocenters. The summed E-state index contributed by atoms with van der Waals surface area (Å²) in [7, 11) is 1.54. The molecule has 8 nitrogen and oxygen atoms in total. The molecule has 1 aromatic heterocycles. The lowest BCUT2D eigenvalue weighted by Gasteiger charge is -2.14. The van der Waals surface area contributed by atoms with Crippen LogP contribution >= 0.6 is 23.4 Å². The number of carbonyl (C=O) groups excluding carboxylic acids is 3. The summed E-state index contributed by atoms with van der Waals surface area (Å²) in [5, 5.41) is 9.37. The Morgan fingerprint density at radius 3 is 2.39 bits per heavy atom. The third kappa shape index (κ3) is 7.50. The molecule has 0 radical (unpaired) electrons. The zero-order valence-corrected chi connectivity index (χ0v) is 25.5. The maximum absolute atomic E-state index is 13.5. The molecule has 222 valence electrons. The van der Waals surface area contributed by atoms with E-state index < -0.39 is 17.1 Å². The van der Waals surface area contributed by atoms with Gasteiger partial charge in [-0.25, -0.2) is 0 Å². The molecular weight excluding hydrogens is 596 g/mol. The number of amides is 3. The van der Waals surface area contributed by atoms with Crippen molar-refractivity contribution in [2.45, 2.75) is 17.1 Å². The Hall–Kier alpha value is -4.99. The predicted molar refractivity (Wildman–Crippen MR) is 177 cm³/mol. The number of hydrogen-bond donors (Lipinski definition) is 4. The average molecular weight is 625 g/mol. The molecule has 1 atom stereocenters. The molecule has 5 aromatic rings. The zero-order chi connectivity index (χ0) is 31.1. The first-order chi connectivity index (χ1) is 21.3. The number of carbonyl (C=O) groups is 3. The van der Waals surface area contributed by atoms with Gasteiger partial charge in [-0.2, -0.15) is 0 Å². The Kier molecular flexibility index (Phi) is 9.69. The van der Waals surface area contributed by atoms with Crippen LogP contribution in [0.5, 0.6) is 5.75 Å². The first kappa shape index (κ1) is 30.5. The fraction of sp³-hybridized carbons (Fsp3) is 0.0882. The number of thioether (sulfide) groups is 1. The van der Waals surface area contributed by atoms with Crippen molar-refractivity contribution in [1.29, 1.82) is 0 Å². The average Bonchev–Trinajstić information content (AvgIpc) is 3.45. The van der Waals surface area contributed by atoms with Gasteiger partial charge in [0.2, 0.25) is 5.91 Å². The van der Waals surface area contributed by atoms with Gasteiger partial charge in [-0.1, -0.05) is 48.0 Å². The fourth-order valence-corrected chi connectivity index (χ4v) is 5.38. The van der Waals surface area contributed by atoms with Crippen molar-refractivity contribution >= 4 is 69.4 Å². The molecule has 1 heterocycles. The van der Waals surface area contributed by atoms with Gasteiger partial charge in [0, 0.05) is 44.9 Å². The molecule has 44 heavy (non-hydrogen) atoms. The van der Waals surface area contributed by atoms with E-state index in [2.05, 4.69) is 20.9 Å². The van der Waals surface area contributed by atoms with Gasteiger partial charge in [0.15, 0.2) is 0 Å². The van der Waals surface area contributed by atoms with Crippen LogP contribution in [0.1, 0.15) is 22.8 Å². The molecule has 5 rings (SSSR count). The number of anilines is 2. The molecule has 3 amide bonds. The number of ether oxygens (including phenoxy) is 1. The first-order valence-corrected chi connectivity index (χ1v) is 14.9. The maximum atomic E-state index is 13.5. The van der Waals surface area contributed by atoms with Crippen LogP contribution < -0.4 is 20.7 Å². The summed E-state index contributed by atoms with van der Waals surface area (Å²) in [5.41, 5.74) is 3.18. The molecule has 4 aromatic carbocycles. The van der Waals surface area contributed by atoms with E-state index >= 15 is 0 Å². The monoisotopic (exact) mass is 624 g/mol. The van der Waals surface area contributed by atoms with E-state index in [-0.39, 0.29) is 11.6 Å². The number of benzene rings is 4. The minimum absolute atomic E-state index is 0.0866. The summed E-state index contributed by atoms with van der Waals surface area (Å²) in [6.45, 7) is 1.79. The van der Waals surface area contributed by atoms with Crippen LogP contribution in [0.15, 0.2) is 114 Å². The van der Waals surface area contributed by atoms with Crippen LogP contribution in [0.4, 0.5) is 11.4 Å². The summed E-state index contributed by atoms with van der Waals surface area (Å²) in [5.74, 6) is -0.519. The van der Waals surface area contributed by atoms with E-state index in [1.54, 1.807) is 80.9 Å². The summed E-state index contributed by atoms with van der Waals surface area (Å²) in [4.78, 5) is 43.3. The molecule has 0 fully saturated rings. The van der Waals surface area contributed by atoms with Crippen LogP contribution in [-0.2, 0) is 9.59 Å². The van der Waals surface area contributed by atoms with Crippen molar-refractivity contribution in [2.75, 3.05) is 17.7 Å². The van der Waals surface area contributed by atoms with E-state index in [9.17, 15) is 14.4 Å². The largest absolute Gasteiger partial charge is 0.497 e. The SMILES string of the molecule is COc1ccc(Cl)c(NC(=O)[C@@H](C)Sc2ccc(NC(=O)/C(=C/c3c[nH]c4ccccc34)NC(=O)c3ccccc3)cc2)c1. The molecule has 0 spiro atoms. The van der Waals surface area contributed by atoms with Gasteiger partial charge in [0.1, 0.15) is 11.4 Å². The molecule has 0 aliphatic rings. The Bertz CT molecular complexity index is 1840. The molecule has 10 heteroatoms. The second-order valence-electron chi connectivity index (χ2n) is 9.74. The number of halogens is 1. The van der Waals surface area contributed by atoms with E-state index in [1.807, 2.05) is 42.5 Å². The summed E-state index contributed by atoms with van der Waals surface area (Å²) >= 11 is 7.59. The van der Waals surface area contributed by atoms with Gasteiger partial charge in [0.05, 0.1) is 23.1 Å². The number of para-hydroxylation sites is 1. The second-order valence-corrected chi connectivity index (χ2v) is 11.6. The lowest BCUT2D eigenvalue weighted by Crippen LogP contribution is -2.30. The van der Waals surface area contributed by atoms with Crippen LogP contribution in [0.3, 0.4) is 0 Å². The molecule has 0 bridgehead atoms. The number of aromatic amines is 1. The number of rotatable bonds is 10. The van der Waals surface area contributed by atoms with Crippen LogP contribution in [0.2, 0.25) is 5.02 Å². The normalized spacial score (nSPS) is 11.9. The summed E-state index contributed by atoms with van der Waals surface area (Å²) < 4.78 is 5.21. The Morgan fingerprint density at radius 2 is 1.64 bits per heavy atom. The van der Waals surface area contributed by atoms with E-state index in [0.29, 0.717) is 27.7 Å². The fourth-order valence-electron chi connectivity index (χ4n) is 4.35. The third-order valence-electron chi connectivity index (χ3n) is 6.68. The quantitative estimate of drug-likeness (QED) is 0.0958. The van der Waals surface area contributed by atoms with Gasteiger partial charge in [-0.05, 0) is 67.6 Å². The highest BCUT2D eigenvalue weighted by atomic mass is 35.5. The smallest absolute Gasteiger partial charge is 0.272 e. The van der Waals surface area contributed by atoms with E-state index in [0.717, 1.165) is 21.4 Å². The van der Waals surface area contributed by atoms with Crippen molar-refractivity contribution in [1.82, 2.24) is 10.3 Å². The topological polar surface area (TPSA) is 112 Å². The lowest BCUT2D eigenvalue weighted by molar-refractivity contribution is -0.115. The van der Waals surface area contributed by atoms with Gasteiger partial charge in [-0.3, -0.25) is 14.4 Å². The van der Waals surface area contributed by atoms with Crippen LogP contribution in [0.25, 0.3) is 17.0 Å². The van der Waals surface area contributed by atoms with Gasteiger partial charge >= 0.3 is 0 Å². The number of H-pyrrole nitrogens is 1. The molecule has 0 saturated heterocycles. The van der Waals surface area contributed by atoms with Crippen LogP contribution in [0, 0.1) is 0 Å². The van der Waals surface area contributed by atoms with Gasteiger partial charge in [0.25, 0.3) is 11.8 Å². The summed E-state index contributed by atoms with van der Waals surface area (Å²) in [6, 6.07) is 28.6. The Morgan fingerprint density at radius 1 is 0.909 bits per heavy atom. The lowest BCUT2D eigenvalue weighted by atomic mass is 10.1. The molecule has 0 saturated carbocycles. The number of fused-ring (bicyclic) bond motifs is 1. The standard InChI is InChI=1S/C34H29ClN4O4S/c1-21(32(40)38-30-19-25(43-2)14-17-28(30)35)44-26-15-12-24(13-16-26)37-34(42)31(39-33(41)22-8-4-3-5-9-22)18-23-20-36-29-11-7-6-10-27(23)29/h3-21,36H,1-2H3,(H,37,42)(H,38,40)(H,39,41)/b31-18-/t21-/m1/s1. The highest BCUT2D eigenvalue weighted by Gasteiger charge is 2.18. The molecule has 4 N–H and O–H groups in total. The van der Waals surface area contributed by atoms with Crippen LogP contribution in [-0.4, -0.2) is 35.1 Å².